The largest absolute Gasteiger partial charge is 0.462 e. The zero-order chi connectivity index (χ0) is 15.6. The van der Waals surface area contributed by atoms with Gasteiger partial charge in [-0.05, 0) is 24.6 Å². The molecular formula is C13H13ClFNO4S. The SMILES string of the molecule is Cc1oc(CO)cc1S(=O)(=O)NCc1ccc(F)c(Cl)c1. The maximum atomic E-state index is 13.0. The first kappa shape index (κ1) is 16.0. The monoisotopic (exact) mass is 333 g/mol. The molecule has 2 N–H and O–H groups in total. The van der Waals surface area contributed by atoms with Crippen molar-refractivity contribution in [2.75, 3.05) is 0 Å². The molecular weight excluding hydrogens is 321 g/mol. The fourth-order valence-electron chi connectivity index (χ4n) is 1.77. The van der Waals surface area contributed by atoms with Gasteiger partial charge in [0.2, 0.25) is 10.0 Å². The second-order valence-electron chi connectivity index (χ2n) is 4.36. The second-order valence-corrected chi connectivity index (χ2v) is 6.51. The second kappa shape index (κ2) is 6.15. The summed E-state index contributed by atoms with van der Waals surface area (Å²) < 4.78 is 44.8. The van der Waals surface area contributed by atoms with Gasteiger partial charge < -0.3 is 9.52 Å². The molecule has 0 aliphatic carbocycles. The minimum atomic E-state index is -3.79. The molecule has 0 spiro atoms. The van der Waals surface area contributed by atoms with Crippen molar-refractivity contribution in [3.8, 4) is 0 Å². The summed E-state index contributed by atoms with van der Waals surface area (Å²) in [6.45, 7) is 1.06. The summed E-state index contributed by atoms with van der Waals surface area (Å²) in [5, 5.41) is 8.87. The van der Waals surface area contributed by atoms with E-state index in [-0.39, 0.29) is 34.6 Å². The van der Waals surface area contributed by atoms with Gasteiger partial charge >= 0.3 is 0 Å². The lowest BCUT2D eigenvalue weighted by atomic mass is 10.2. The molecule has 2 aromatic rings. The van der Waals surface area contributed by atoms with E-state index in [1.165, 1.54) is 31.2 Å². The Morgan fingerprint density at radius 2 is 2.10 bits per heavy atom. The van der Waals surface area contributed by atoms with Crippen molar-refractivity contribution >= 4 is 21.6 Å². The summed E-state index contributed by atoms with van der Waals surface area (Å²) in [5.41, 5.74) is 0.522. The molecule has 1 heterocycles. The Balaban J connectivity index is 2.17. The van der Waals surface area contributed by atoms with Gasteiger partial charge in [0.1, 0.15) is 28.8 Å². The van der Waals surface area contributed by atoms with Crippen LogP contribution in [0.4, 0.5) is 4.39 Å². The molecule has 0 fully saturated rings. The lowest BCUT2D eigenvalue weighted by molar-refractivity contribution is 0.244. The van der Waals surface area contributed by atoms with Crippen molar-refractivity contribution in [1.29, 1.82) is 0 Å². The van der Waals surface area contributed by atoms with E-state index < -0.39 is 15.8 Å². The fourth-order valence-corrected chi connectivity index (χ4v) is 3.20. The van der Waals surface area contributed by atoms with Crippen LogP contribution in [0.1, 0.15) is 17.1 Å². The molecule has 114 valence electrons. The maximum absolute atomic E-state index is 13.0. The molecule has 0 atom stereocenters. The molecule has 0 radical (unpaired) electrons. The highest BCUT2D eigenvalue weighted by Gasteiger charge is 2.21. The van der Waals surface area contributed by atoms with Crippen molar-refractivity contribution in [3.63, 3.8) is 0 Å². The molecule has 0 saturated carbocycles. The third kappa shape index (κ3) is 3.62. The molecule has 0 amide bonds. The number of aryl methyl sites for hydroxylation is 1. The standard InChI is InChI=1S/C13H13ClFNO4S/c1-8-13(5-10(7-17)20-8)21(18,19)16-6-9-2-3-12(15)11(14)4-9/h2-5,16-17H,6-7H2,1H3. The minimum absolute atomic E-state index is 0.0403. The number of aliphatic hydroxyl groups is 1. The van der Waals surface area contributed by atoms with E-state index in [1.54, 1.807) is 0 Å². The highest BCUT2D eigenvalue weighted by molar-refractivity contribution is 7.89. The molecule has 21 heavy (non-hydrogen) atoms. The first-order valence-electron chi connectivity index (χ1n) is 5.97. The summed E-state index contributed by atoms with van der Waals surface area (Å²) in [5.74, 6) is -0.220. The molecule has 1 aromatic carbocycles. The first-order valence-corrected chi connectivity index (χ1v) is 7.83. The third-order valence-electron chi connectivity index (χ3n) is 2.82. The summed E-state index contributed by atoms with van der Waals surface area (Å²) in [7, 11) is -3.79. The van der Waals surface area contributed by atoms with Gasteiger partial charge in [-0.1, -0.05) is 17.7 Å². The van der Waals surface area contributed by atoms with Gasteiger partial charge in [0, 0.05) is 12.6 Å². The van der Waals surface area contributed by atoms with E-state index in [9.17, 15) is 12.8 Å². The van der Waals surface area contributed by atoms with Gasteiger partial charge in [-0.3, -0.25) is 0 Å². The van der Waals surface area contributed by atoms with Crippen LogP contribution in [-0.4, -0.2) is 13.5 Å². The molecule has 1 aromatic heterocycles. The molecule has 0 aliphatic heterocycles. The summed E-state index contributed by atoms with van der Waals surface area (Å²) in [6, 6.07) is 5.21. The van der Waals surface area contributed by atoms with Crippen molar-refractivity contribution in [2.24, 2.45) is 0 Å². The van der Waals surface area contributed by atoms with Crippen LogP contribution in [0.15, 0.2) is 33.6 Å². The van der Waals surface area contributed by atoms with Crippen molar-refractivity contribution < 1.29 is 22.3 Å². The zero-order valence-electron chi connectivity index (χ0n) is 11.1. The highest BCUT2D eigenvalue weighted by atomic mass is 35.5. The Hall–Kier alpha value is -1.41. The van der Waals surface area contributed by atoms with Crippen molar-refractivity contribution in [3.05, 3.63) is 52.2 Å². The predicted molar refractivity (Wildman–Crippen MR) is 74.8 cm³/mol. The molecule has 0 saturated heterocycles. The summed E-state index contributed by atoms with van der Waals surface area (Å²) in [4.78, 5) is -0.0419. The van der Waals surface area contributed by atoms with Crippen molar-refractivity contribution in [1.82, 2.24) is 4.72 Å². The molecule has 2 rings (SSSR count). The van der Waals surface area contributed by atoms with Crippen LogP contribution in [-0.2, 0) is 23.2 Å². The van der Waals surface area contributed by atoms with Gasteiger partial charge in [-0.2, -0.15) is 0 Å². The Kier molecular flexibility index (Phi) is 4.67. The topological polar surface area (TPSA) is 79.5 Å². The molecule has 0 bridgehead atoms. The number of hydrogen-bond donors (Lipinski definition) is 2. The number of halogens is 2. The summed E-state index contributed by atoms with van der Waals surface area (Å²) in [6.07, 6.45) is 0. The normalized spacial score (nSPS) is 11.8. The number of benzene rings is 1. The highest BCUT2D eigenvalue weighted by Crippen LogP contribution is 2.21. The van der Waals surface area contributed by atoms with Crippen LogP contribution in [0.2, 0.25) is 5.02 Å². The Morgan fingerprint density at radius 1 is 1.38 bits per heavy atom. The number of sulfonamides is 1. The molecule has 0 unspecified atom stereocenters. The molecule has 8 heteroatoms. The van der Waals surface area contributed by atoms with E-state index in [0.29, 0.717) is 5.56 Å². The Labute approximate surface area is 126 Å². The van der Waals surface area contributed by atoms with E-state index in [1.807, 2.05) is 0 Å². The van der Waals surface area contributed by atoms with Crippen molar-refractivity contribution in [2.45, 2.75) is 25.0 Å². The number of furan rings is 1. The smallest absolute Gasteiger partial charge is 0.244 e. The van der Waals surface area contributed by atoms with Gasteiger partial charge in [0.25, 0.3) is 0 Å². The van der Waals surface area contributed by atoms with E-state index in [0.717, 1.165) is 0 Å². The number of hydrogen-bond acceptors (Lipinski definition) is 4. The van der Waals surface area contributed by atoms with E-state index in [2.05, 4.69) is 4.72 Å². The lowest BCUT2D eigenvalue weighted by Crippen LogP contribution is -2.23. The lowest BCUT2D eigenvalue weighted by Gasteiger charge is -2.06. The molecule has 5 nitrogen and oxygen atoms in total. The third-order valence-corrected chi connectivity index (χ3v) is 4.62. The van der Waals surface area contributed by atoms with Crippen LogP contribution < -0.4 is 4.72 Å². The van der Waals surface area contributed by atoms with Crippen LogP contribution in [0.5, 0.6) is 0 Å². The van der Waals surface area contributed by atoms with Gasteiger partial charge in [0.15, 0.2) is 0 Å². The Bertz CT molecular complexity index is 758. The average Bonchev–Trinajstić information content (AvgIpc) is 2.82. The van der Waals surface area contributed by atoms with E-state index in [4.69, 9.17) is 21.1 Å². The van der Waals surface area contributed by atoms with Gasteiger partial charge in [-0.15, -0.1) is 0 Å². The van der Waals surface area contributed by atoms with Gasteiger partial charge in [0.05, 0.1) is 5.02 Å². The number of rotatable bonds is 5. The Morgan fingerprint density at radius 3 is 2.67 bits per heavy atom. The minimum Gasteiger partial charge on any atom is -0.462 e. The van der Waals surface area contributed by atoms with Crippen LogP contribution >= 0.6 is 11.6 Å². The fraction of sp³-hybridized carbons (Fsp3) is 0.231. The van der Waals surface area contributed by atoms with Crippen LogP contribution in [0.3, 0.4) is 0 Å². The number of aliphatic hydroxyl groups excluding tert-OH is 1. The molecule has 0 aliphatic rings. The van der Waals surface area contributed by atoms with Crippen LogP contribution in [0.25, 0.3) is 0 Å². The quantitative estimate of drug-likeness (QED) is 0.880. The van der Waals surface area contributed by atoms with Crippen LogP contribution in [0, 0.1) is 12.7 Å². The first-order chi connectivity index (χ1) is 9.83. The summed E-state index contributed by atoms with van der Waals surface area (Å²) >= 11 is 5.63. The van der Waals surface area contributed by atoms with Gasteiger partial charge in [-0.25, -0.2) is 17.5 Å². The zero-order valence-corrected chi connectivity index (χ0v) is 12.6. The average molecular weight is 334 g/mol. The maximum Gasteiger partial charge on any atom is 0.244 e. The van der Waals surface area contributed by atoms with E-state index >= 15 is 0 Å². The predicted octanol–water partition coefficient (Wildman–Crippen LogP) is 2.35. The number of nitrogens with one attached hydrogen (secondary N) is 1.